The Hall–Kier alpha value is -2.15. The summed E-state index contributed by atoms with van der Waals surface area (Å²) in [6.07, 6.45) is 7.26. The first-order valence-electron chi connectivity index (χ1n) is 7.79. The molecule has 0 saturated carbocycles. The molecule has 1 atom stereocenters. The molecule has 7 nitrogen and oxygen atoms in total. The van der Waals surface area contributed by atoms with Crippen LogP contribution < -0.4 is 10.1 Å². The Balaban J connectivity index is 1.99. The number of hydrogen-bond acceptors (Lipinski definition) is 6. The fourth-order valence-corrected chi connectivity index (χ4v) is 2.17. The summed E-state index contributed by atoms with van der Waals surface area (Å²) in [6.45, 7) is 5.55. The average molecular weight is 318 g/mol. The average Bonchev–Trinajstić information content (AvgIpc) is 2.92. The third-order valence-electron chi connectivity index (χ3n) is 3.39. The summed E-state index contributed by atoms with van der Waals surface area (Å²) in [5.74, 6) is 1.71. The first kappa shape index (κ1) is 17.2. The van der Waals surface area contributed by atoms with E-state index in [4.69, 9.17) is 4.74 Å². The maximum Gasteiger partial charge on any atom is 0.234 e. The second-order valence-corrected chi connectivity index (χ2v) is 6.26. The zero-order valence-corrected chi connectivity index (χ0v) is 14.5. The second-order valence-electron chi connectivity index (χ2n) is 6.26. The molecule has 2 aromatic rings. The van der Waals surface area contributed by atoms with Crippen LogP contribution in [0.2, 0.25) is 0 Å². The van der Waals surface area contributed by atoms with E-state index < -0.39 is 0 Å². The Labute approximate surface area is 137 Å². The van der Waals surface area contributed by atoms with Crippen molar-refractivity contribution in [2.45, 2.75) is 19.9 Å². The van der Waals surface area contributed by atoms with E-state index in [-0.39, 0.29) is 6.04 Å². The fraction of sp³-hybridized carbons (Fsp3) is 0.562. The molecule has 0 aliphatic rings. The molecular weight excluding hydrogens is 292 g/mol. The number of hydrogen-bond donors (Lipinski definition) is 1. The predicted molar refractivity (Wildman–Crippen MR) is 90.5 cm³/mol. The molecule has 2 aromatic heterocycles. The number of anilines is 1. The first-order chi connectivity index (χ1) is 11.0. The van der Waals surface area contributed by atoms with Gasteiger partial charge >= 0.3 is 0 Å². The minimum absolute atomic E-state index is 0.200. The lowest BCUT2D eigenvalue weighted by molar-refractivity contribution is 0.260. The van der Waals surface area contributed by atoms with Crippen molar-refractivity contribution in [3.8, 4) is 5.88 Å². The molecule has 0 radical (unpaired) electrons. The highest BCUT2D eigenvalue weighted by Gasteiger charge is 2.16. The van der Waals surface area contributed by atoms with E-state index in [9.17, 15) is 0 Å². The Kier molecular flexibility index (Phi) is 5.92. The van der Waals surface area contributed by atoms with E-state index in [2.05, 4.69) is 39.1 Å². The van der Waals surface area contributed by atoms with Crippen LogP contribution in [0.4, 0.5) is 5.82 Å². The molecule has 2 rings (SSSR count). The van der Waals surface area contributed by atoms with Crippen LogP contribution >= 0.6 is 0 Å². The predicted octanol–water partition coefficient (Wildman–Crippen LogP) is 1.96. The Bertz CT molecular complexity index is 610. The third-order valence-corrected chi connectivity index (χ3v) is 3.39. The molecule has 0 saturated heterocycles. The zero-order valence-electron chi connectivity index (χ0n) is 14.5. The van der Waals surface area contributed by atoms with Gasteiger partial charge in [-0.2, -0.15) is 10.1 Å². The van der Waals surface area contributed by atoms with Crippen LogP contribution in [-0.4, -0.2) is 51.9 Å². The van der Waals surface area contributed by atoms with E-state index in [0.29, 0.717) is 30.8 Å². The van der Waals surface area contributed by atoms with Crippen molar-refractivity contribution in [3.63, 3.8) is 0 Å². The van der Waals surface area contributed by atoms with Crippen LogP contribution in [0.15, 0.2) is 24.8 Å². The summed E-state index contributed by atoms with van der Waals surface area (Å²) >= 11 is 0. The van der Waals surface area contributed by atoms with Gasteiger partial charge in [0.15, 0.2) is 0 Å². The third kappa shape index (κ3) is 5.21. The van der Waals surface area contributed by atoms with Crippen molar-refractivity contribution in [2.75, 3.05) is 32.6 Å². The molecule has 0 unspecified atom stereocenters. The molecule has 7 heteroatoms. The Morgan fingerprint density at radius 3 is 2.65 bits per heavy atom. The van der Waals surface area contributed by atoms with Crippen LogP contribution in [0, 0.1) is 5.92 Å². The Morgan fingerprint density at radius 1 is 1.26 bits per heavy atom. The molecule has 0 fully saturated rings. The number of rotatable bonds is 8. The van der Waals surface area contributed by atoms with Crippen molar-refractivity contribution >= 4 is 5.82 Å². The quantitative estimate of drug-likeness (QED) is 0.802. The number of likely N-dealkylation sites (N-methyl/N-ethyl adjacent to an activating group) is 1. The SMILES string of the molecule is CC(C)COc1cncc(NC[C@@H](c2cnn(C)c2)N(C)C)n1. The molecule has 0 aromatic carbocycles. The van der Waals surface area contributed by atoms with E-state index in [1.165, 1.54) is 0 Å². The number of nitrogens with one attached hydrogen (secondary N) is 1. The summed E-state index contributed by atoms with van der Waals surface area (Å²) in [5, 5.41) is 7.57. The van der Waals surface area contributed by atoms with Crippen LogP contribution in [-0.2, 0) is 7.05 Å². The summed E-state index contributed by atoms with van der Waals surface area (Å²) < 4.78 is 7.42. The summed E-state index contributed by atoms with van der Waals surface area (Å²) in [7, 11) is 6.02. The lowest BCUT2D eigenvalue weighted by Gasteiger charge is -2.23. The van der Waals surface area contributed by atoms with Gasteiger partial charge in [0.25, 0.3) is 0 Å². The van der Waals surface area contributed by atoms with Gasteiger partial charge in [-0.1, -0.05) is 13.8 Å². The van der Waals surface area contributed by atoms with Crippen LogP contribution in [0.3, 0.4) is 0 Å². The van der Waals surface area contributed by atoms with Gasteiger partial charge in [-0.3, -0.25) is 9.67 Å². The summed E-state index contributed by atoms with van der Waals surface area (Å²) in [6, 6.07) is 0.200. The zero-order chi connectivity index (χ0) is 16.8. The van der Waals surface area contributed by atoms with Gasteiger partial charge in [0.2, 0.25) is 5.88 Å². The lowest BCUT2D eigenvalue weighted by Crippen LogP contribution is -2.26. The van der Waals surface area contributed by atoms with Crippen molar-refractivity contribution < 1.29 is 4.74 Å². The van der Waals surface area contributed by atoms with Crippen molar-refractivity contribution in [2.24, 2.45) is 13.0 Å². The van der Waals surface area contributed by atoms with E-state index in [0.717, 1.165) is 5.56 Å². The van der Waals surface area contributed by atoms with Crippen LogP contribution in [0.25, 0.3) is 0 Å². The number of nitrogens with zero attached hydrogens (tertiary/aromatic N) is 5. The summed E-state index contributed by atoms with van der Waals surface area (Å²) in [4.78, 5) is 10.8. The molecule has 0 spiro atoms. The highest BCUT2D eigenvalue weighted by Crippen LogP contribution is 2.18. The highest BCUT2D eigenvalue weighted by atomic mass is 16.5. The lowest BCUT2D eigenvalue weighted by atomic mass is 10.1. The normalized spacial score (nSPS) is 12.7. The van der Waals surface area contributed by atoms with E-state index >= 15 is 0 Å². The molecule has 0 bridgehead atoms. The van der Waals surface area contributed by atoms with Gasteiger partial charge in [-0.25, -0.2) is 0 Å². The van der Waals surface area contributed by atoms with Crippen molar-refractivity contribution in [3.05, 3.63) is 30.4 Å². The van der Waals surface area contributed by atoms with Gasteiger partial charge in [0.05, 0.1) is 31.2 Å². The maximum absolute atomic E-state index is 5.61. The van der Waals surface area contributed by atoms with Gasteiger partial charge in [-0.15, -0.1) is 0 Å². The monoisotopic (exact) mass is 318 g/mol. The smallest absolute Gasteiger partial charge is 0.234 e. The largest absolute Gasteiger partial charge is 0.476 e. The standard InChI is InChI=1S/C16H26N6O/c1-12(2)11-23-16-9-17-8-15(20-16)18-7-14(21(3)4)13-6-19-22(5)10-13/h6,8-10,12,14H,7,11H2,1-5H3,(H,18,20)/t14-/m0/s1. The van der Waals surface area contributed by atoms with Crippen molar-refractivity contribution in [1.29, 1.82) is 0 Å². The molecule has 0 aliphatic heterocycles. The molecule has 0 amide bonds. The van der Waals surface area contributed by atoms with E-state index in [1.54, 1.807) is 12.4 Å². The van der Waals surface area contributed by atoms with Gasteiger partial charge in [0.1, 0.15) is 5.82 Å². The molecular formula is C16H26N6O. The molecule has 126 valence electrons. The number of aromatic nitrogens is 4. The fourth-order valence-electron chi connectivity index (χ4n) is 2.17. The molecule has 23 heavy (non-hydrogen) atoms. The molecule has 1 N–H and O–H groups in total. The first-order valence-corrected chi connectivity index (χ1v) is 7.79. The van der Waals surface area contributed by atoms with Crippen LogP contribution in [0.5, 0.6) is 5.88 Å². The van der Waals surface area contributed by atoms with Gasteiger partial charge in [-0.05, 0) is 20.0 Å². The minimum Gasteiger partial charge on any atom is -0.476 e. The minimum atomic E-state index is 0.200. The number of aryl methyl sites for hydroxylation is 1. The second kappa shape index (κ2) is 7.92. The highest BCUT2D eigenvalue weighted by molar-refractivity contribution is 5.34. The summed E-state index contributed by atoms with van der Waals surface area (Å²) in [5.41, 5.74) is 1.16. The van der Waals surface area contributed by atoms with Gasteiger partial charge < -0.3 is 15.0 Å². The molecule has 2 heterocycles. The van der Waals surface area contributed by atoms with Crippen LogP contribution in [0.1, 0.15) is 25.5 Å². The topological polar surface area (TPSA) is 68.1 Å². The maximum atomic E-state index is 5.61. The number of ether oxygens (including phenoxy) is 1. The Morgan fingerprint density at radius 2 is 2.04 bits per heavy atom. The van der Waals surface area contributed by atoms with Crippen molar-refractivity contribution in [1.82, 2.24) is 24.6 Å². The van der Waals surface area contributed by atoms with E-state index in [1.807, 2.05) is 38.2 Å². The van der Waals surface area contributed by atoms with Gasteiger partial charge in [0, 0.05) is 25.4 Å². The molecule has 0 aliphatic carbocycles.